The van der Waals surface area contributed by atoms with Gasteiger partial charge >= 0.3 is 0 Å². The molecule has 4 rings (SSSR count). The standard InChI is InChI=1S/C15H10N6O2S/c22-15(10-6-11(23-20-10)12-2-1-5-24-12)19-13-7-14(18-8-17-13)21-4-3-16-9-21/h1-9H,(H,17,18,19,22). The maximum Gasteiger partial charge on any atom is 0.279 e. The van der Waals surface area contributed by atoms with Crippen LogP contribution in [0.5, 0.6) is 0 Å². The van der Waals surface area contributed by atoms with Crippen molar-refractivity contribution in [2.75, 3.05) is 5.32 Å². The zero-order valence-corrected chi connectivity index (χ0v) is 13.0. The molecule has 8 nitrogen and oxygen atoms in total. The summed E-state index contributed by atoms with van der Waals surface area (Å²) in [6.07, 6.45) is 6.37. The molecule has 0 unspecified atom stereocenters. The Kier molecular flexibility index (Phi) is 3.60. The molecule has 0 atom stereocenters. The van der Waals surface area contributed by atoms with Crippen LogP contribution in [0.1, 0.15) is 10.5 Å². The van der Waals surface area contributed by atoms with Crippen LogP contribution in [0.3, 0.4) is 0 Å². The first-order valence-electron chi connectivity index (χ1n) is 6.92. The predicted molar refractivity (Wildman–Crippen MR) is 86.9 cm³/mol. The molecule has 0 fully saturated rings. The number of anilines is 1. The van der Waals surface area contributed by atoms with Crippen LogP contribution in [0.4, 0.5) is 5.82 Å². The van der Waals surface area contributed by atoms with E-state index >= 15 is 0 Å². The summed E-state index contributed by atoms with van der Waals surface area (Å²) in [5.74, 6) is 1.10. The van der Waals surface area contributed by atoms with Gasteiger partial charge < -0.3 is 9.84 Å². The lowest BCUT2D eigenvalue weighted by Gasteiger charge is -2.04. The molecule has 0 aliphatic heterocycles. The van der Waals surface area contributed by atoms with Crippen molar-refractivity contribution in [1.29, 1.82) is 0 Å². The van der Waals surface area contributed by atoms with Gasteiger partial charge in [-0.05, 0) is 11.4 Å². The van der Waals surface area contributed by atoms with E-state index in [0.717, 1.165) is 4.88 Å². The summed E-state index contributed by atoms with van der Waals surface area (Å²) < 4.78 is 6.92. The van der Waals surface area contributed by atoms with Crippen LogP contribution in [0.25, 0.3) is 16.5 Å². The highest BCUT2D eigenvalue weighted by Crippen LogP contribution is 2.25. The van der Waals surface area contributed by atoms with E-state index < -0.39 is 5.91 Å². The Morgan fingerprint density at radius 3 is 3.04 bits per heavy atom. The molecule has 4 aromatic heterocycles. The van der Waals surface area contributed by atoms with Crippen LogP contribution in [0, 0.1) is 0 Å². The van der Waals surface area contributed by atoms with E-state index in [0.29, 0.717) is 17.4 Å². The Morgan fingerprint density at radius 1 is 1.29 bits per heavy atom. The van der Waals surface area contributed by atoms with Crippen molar-refractivity contribution in [1.82, 2.24) is 24.7 Å². The average Bonchev–Trinajstić information content (AvgIpc) is 3.36. The van der Waals surface area contributed by atoms with E-state index in [1.807, 2.05) is 17.5 Å². The number of nitrogens with zero attached hydrogens (tertiary/aromatic N) is 5. The van der Waals surface area contributed by atoms with Crippen molar-refractivity contribution in [3.63, 3.8) is 0 Å². The van der Waals surface area contributed by atoms with Crippen molar-refractivity contribution in [2.45, 2.75) is 0 Å². The predicted octanol–water partition coefficient (Wildman–Crippen LogP) is 2.63. The topological polar surface area (TPSA) is 98.7 Å². The molecule has 1 amide bonds. The first kappa shape index (κ1) is 14.3. The zero-order chi connectivity index (χ0) is 16.4. The number of rotatable bonds is 4. The monoisotopic (exact) mass is 338 g/mol. The van der Waals surface area contributed by atoms with Gasteiger partial charge in [0.1, 0.15) is 24.3 Å². The zero-order valence-electron chi connectivity index (χ0n) is 12.2. The minimum Gasteiger partial charge on any atom is -0.355 e. The fourth-order valence-electron chi connectivity index (χ4n) is 2.05. The second-order valence-corrected chi connectivity index (χ2v) is 5.69. The maximum absolute atomic E-state index is 12.3. The summed E-state index contributed by atoms with van der Waals surface area (Å²) >= 11 is 1.51. The minimum atomic E-state index is -0.406. The van der Waals surface area contributed by atoms with Gasteiger partial charge in [-0.2, -0.15) is 0 Å². The molecule has 24 heavy (non-hydrogen) atoms. The largest absolute Gasteiger partial charge is 0.355 e. The number of thiophene rings is 1. The van der Waals surface area contributed by atoms with E-state index in [4.69, 9.17) is 4.52 Å². The molecule has 0 aliphatic carbocycles. The number of hydrogen-bond donors (Lipinski definition) is 1. The lowest BCUT2D eigenvalue weighted by molar-refractivity contribution is 0.101. The van der Waals surface area contributed by atoms with E-state index in [1.165, 1.54) is 17.7 Å². The highest BCUT2D eigenvalue weighted by atomic mass is 32.1. The van der Waals surface area contributed by atoms with Crippen LogP contribution in [-0.4, -0.2) is 30.6 Å². The normalized spacial score (nSPS) is 10.7. The fraction of sp³-hybridized carbons (Fsp3) is 0. The van der Waals surface area contributed by atoms with Crippen molar-refractivity contribution >= 4 is 23.1 Å². The number of nitrogens with one attached hydrogen (secondary N) is 1. The first-order chi connectivity index (χ1) is 11.8. The lowest BCUT2D eigenvalue weighted by Crippen LogP contribution is -2.13. The van der Waals surface area contributed by atoms with E-state index in [2.05, 4.69) is 25.4 Å². The van der Waals surface area contributed by atoms with E-state index in [1.54, 1.807) is 35.4 Å². The first-order valence-corrected chi connectivity index (χ1v) is 7.80. The molecule has 0 aliphatic rings. The second-order valence-electron chi connectivity index (χ2n) is 4.74. The van der Waals surface area contributed by atoms with Crippen LogP contribution in [0.2, 0.25) is 0 Å². The SMILES string of the molecule is O=C(Nc1cc(-n2ccnc2)ncn1)c1cc(-c2cccs2)on1. The molecule has 118 valence electrons. The number of carbonyl (C=O) groups excluding carboxylic acids is 1. The van der Waals surface area contributed by atoms with Gasteiger partial charge in [-0.3, -0.25) is 9.36 Å². The highest BCUT2D eigenvalue weighted by molar-refractivity contribution is 7.13. The summed E-state index contributed by atoms with van der Waals surface area (Å²) in [6.45, 7) is 0. The number of aromatic nitrogens is 5. The summed E-state index contributed by atoms with van der Waals surface area (Å²) in [6, 6.07) is 7.04. The summed E-state index contributed by atoms with van der Waals surface area (Å²) in [5.41, 5.74) is 0.182. The number of carbonyl (C=O) groups is 1. The van der Waals surface area contributed by atoms with Crippen molar-refractivity contribution < 1.29 is 9.32 Å². The van der Waals surface area contributed by atoms with E-state index in [9.17, 15) is 4.79 Å². The lowest BCUT2D eigenvalue weighted by atomic mass is 10.3. The van der Waals surface area contributed by atoms with Crippen molar-refractivity contribution in [3.05, 3.63) is 60.4 Å². The van der Waals surface area contributed by atoms with Gasteiger partial charge in [-0.25, -0.2) is 15.0 Å². The molecule has 1 N–H and O–H groups in total. The van der Waals surface area contributed by atoms with Gasteiger partial charge in [0.25, 0.3) is 5.91 Å². The summed E-state index contributed by atoms with van der Waals surface area (Å²) in [5, 5.41) is 8.40. The third-order valence-corrected chi connectivity index (χ3v) is 4.05. The van der Waals surface area contributed by atoms with Crippen LogP contribution >= 0.6 is 11.3 Å². The average molecular weight is 338 g/mol. The molecule has 4 heterocycles. The maximum atomic E-state index is 12.3. The molecule has 0 bridgehead atoms. The molecular weight excluding hydrogens is 328 g/mol. The fourth-order valence-corrected chi connectivity index (χ4v) is 2.72. The molecule has 0 radical (unpaired) electrons. The van der Waals surface area contributed by atoms with Gasteiger partial charge in [0, 0.05) is 24.5 Å². The molecule has 0 saturated heterocycles. The van der Waals surface area contributed by atoms with Crippen molar-refractivity contribution in [3.8, 4) is 16.5 Å². The molecular formula is C15H10N6O2S. The quantitative estimate of drug-likeness (QED) is 0.614. The molecule has 0 aromatic carbocycles. The number of amides is 1. The van der Waals surface area contributed by atoms with Crippen LogP contribution in [-0.2, 0) is 0 Å². The van der Waals surface area contributed by atoms with Gasteiger partial charge in [-0.1, -0.05) is 11.2 Å². The second kappa shape index (κ2) is 6.05. The smallest absolute Gasteiger partial charge is 0.279 e. The van der Waals surface area contributed by atoms with Crippen LogP contribution in [0.15, 0.2) is 59.2 Å². The molecule has 0 saturated carbocycles. The Morgan fingerprint density at radius 2 is 2.25 bits per heavy atom. The van der Waals surface area contributed by atoms with E-state index in [-0.39, 0.29) is 5.69 Å². The molecule has 4 aromatic rings. The van der Waals surface area contributed by atoms with Crippen LogP contribution < -0.4 is 5.32 Å². The third kappa shape index (κ3) is 2.79. The summed E-state index contributed by atoms with van der Waals surface area (Å²) in [4.78, 5) is 25.3. The Hall–Kier alpha value is -3.33. The van der Waals surface area contributed by atoms with Crippen molar-refractivity contribution in [2.24, 2.45) is 0 Å². The van der Waals surface area contributed by atoms with Gasteiger partial charge in [0.05, 0.1) is 4.88 Å². The number of imidazole rings is 1. The Balaban J connectivity index is 1.53. The Labute approximate surface area is 139 Å². The Bertz CT molecular complexity index is 962. The molecule has 9 heteroatoms. The third-order valence-electron chi connectivity index (χ3n) is 3.17. The van der Waals surface area contributed by atoms with Gasteiger partial charge in [0.15, 0.2) is 11.5 Å². The number of hydrogen-bond acceptors (Lipinski definition) is 7. The van der Waals surface area contributed by atoms with Gasteiger partial charge in [-0.15, -0.1) is 11.3 Å². The summed E-state index contributed by atoms with van der Waals surface area (Å²) in [7, 11) is 0. The minimum absolute atomic E-state index is 0.182. The van der Waals surface area contributed by atoms with Gasteiger partial charge in [0.2, 0.25) is 0 Å². The molecule has 0 spiro atoms. The highest BCUT2D eigenvalue weighted by Gasteiger charge is 2.15.